The number of hydrogen-bond donors (Lipinski definition) is 0. The molecule has 0 aromatic heterocycles. The molecule has 0 saturated heterocycles. The average molecular weight is 229 g/mol. The molecule has 6 heteroatoms. The molecular formula is C4H6FeMnO4. The van der Waals surface area contributed by atoms with E-state index in [-0.39, 0.29) is 34.1 Å². The third kappa shape index (κ3) is 878000. The molecule has 0 bridgehead atoms. The Morgan fingerprint density at radius 1 is 1.00 bits per heavy atom. The summed E-state index contributed by atoms with van der Waals surface area (Å²) in [5.74, 6) is -2.17. The molecule has 0 atom stereocenters. The van der Waals surface area contributed by atoms with Crippen molar-refractivity contribution in [3.05, 3.63) is 0 Å². The van der Waals surface area contributed by atoms with Crippen LogP contribution in [-0.2, 0) is 43.7 Å². The summed E-state index contributed by atoms with van der Waals surface area (Å²) in [5.41, 5.74) is 0. The van der Waals surface area contributed by atoms with Gasteiger partial charge in [-0.1, -0.05) is 0 Å². The van der Waals surface area contributed by atoms with E-state index in [1.807, 2.05) is 0 Å². The molecule has 0 fully saturated rings. The summed E-state index contributed by atoms with van der Waals surface area (Å²) in [6, 6.07) is 0. The topological polar surface area (TPSA) is 80.3 Å². The van der Waals surface area contributed by atoms with Gasteiger partial charge in [-0.05, 0) is 13.8 Å². The van der Waals surface area contributed by atoms with Gasteiger partial charge in [-0.3, -0.25) is 0 Å². The third-order valence-electron chi connectivity index (χ3n) is 0. The van der Waals surface area contributed by atoms with Crippen molar-refractivity contribution >= 4 is 11.9 Å². The van der Waals surface area contributed by atoms with Crippen LogP contribution in [-0.4, -0.2) is 11.9 Å². The van der Waals surface area contributed by atoms with Crippen LogP contribution in [0.4, 0.5) is 0 Å². The Labute approximate surface area is 79.9 Å². The number of carbonyl (C=O) groups is 2. The Kier molecular flexibility index (Phi) is 36.0. The van der Waals surface area contributed by atoms with Crippen LogP contribution in [0.5, 0.6) is 0 Å². The molecule has 0 aliphatic carbocycles. The van der Waals surface area contributed by atoms with Gasteiger partial charge >= 0.3 is 17.1 Å². The molecule has 10 heavy (non-hydrogen) atoms. The van der Waals surface area contributed by atoms with Crippen molar-refractivity contribution in [2.45, 2.75) is 13.8 Å². The van der Waals surface area contributed by atoms with Gasteiger partial charge in [-0.15, -0.1) is 0 Å². The maximum absolute atomic E-state index is 8.89. The van der Waals surface area contributed by atoms with Crippen LogP contribution >= 0.6 is 0 Å². The van der Waals surface area contributed by atoms with Gasteiger partial charge < -0.3 is 19.8 Å². The first kappa shape index (κ1) is 22.5. The Balaban J connectivity index is -0.0000000300. The Morgan fingerprint density at radius 2 is 1.00 bits per heavy atom. The monoisotopic (exact) mass is 229 g/mol. The van der Waals surface area contributed by atoms with Gasteiger partial charge in [0.2, 0.25) is 0 Å². The summed E-state index contributed by atoms with van der Waals surface area (Å²) in [6.07, 6.45) is 0. The number of carboxylic acid groups (broad SMARTS) is 2. The summed E-state index contributed by atoms with van der Waals surface area (Å²) >= 11 is 0. The molecule has 0 saturated carbocycles. The second kappa shape index (κ2) is 16.0. The summed E-state index contributed by atoms with van der Waals surface area (Å²) in [4.78, 5) is 17.8. The number of rotatable bonds is 0. The van der Waals surface area contributed by atoms with Crippen LogP contribution in [0, 0.1) is 0 Å². The van der Waals surface area contributed by atoms with E-state index in [2.05, 4.69) is 0 Å². The van der Waals surface area contributed by atoms with Gasteiger partial charge in [0.05, 0.1) is 0 Å². The SMILES string of the molecule is CC(=O)[O-].CC(=O)[O-].[Fe].[Mn+2]. The van der Waals surface area contributed by atoms with E-state index in [9.17, 15) is 0 Å². The number of carbonyl (C=O) groups excluding carboxylic acids is 2. The van der Waals surface area contributed by atoms with E-state index in [0.29, 0.717) is 0 Å². The van der Waals surface area contributed by atoms with E-state index >= 15 is 0 Å². The molecule has 0 rings (SSSR count). The van der Waals surface area contributed by atoms with Crippen molar-refractivity contribution in [3.63, 3.8) is 0 Å². The van der Waals surface area contributed by atoms with Crippen molar-refractivity contribution in [2.24, 2.45) is 0 Å². The first-order valence-corrected chi connectivity index (χ1v) is 1.82. The Bertz CT molecular complexity index is 75.3. The largest absolute Gasteiger partial charge is 2.00 e. The zero-order valence-corrected chi connectivity index (χ0v) is 7.65. The molecule has 61 valence electrons. The molecule has 4 nitrogen and oxygen atoms in total. The fourth-order valence-corrected chi connectivity index (χ4v) is 0. The normalized spacial score (nSPS) is 5.00. The van der Waals surface area contributed by atoms with Crippen molar-refractivity contribution in [3.8, 4) is 0 Å². The van der Waals surface area contributed by atoms with E-state index < -0.39 is 11.9 Å². The molecule has 0 aromatic rings. The molecule has 0 aliphatic rings. The zero-order valence-electron chi connectivity index (χ0n) is 5.36. The van der Waals surface area contributed by atoms with E-state index in [1.165, 1.54) is 0 Å². The molecule has 0 amide bonds. The van der Waals surface area contributed by atoms with Gasteiger partial charge in [-0.2, -0.15) is 0 Å². The first-order chi connectivity index (χ1) is 3.46. The van der Waals surface area contributed by atoms with E-state index in [4.69, 9.17) is 19.8 Å². The van der Waals surface area contributed by atoms with Gasteiger partial charge in [0.1, 0.15) is 0 Å². The zero-order chi connectivity index (χ0) is 7.15. The fourth-order valence-electron chi connectivity index (χ4n) is 0. The minimum atomic E-state index is -1.08. The molecule has 0 heterocycles. The summed E-state index contributed by atoms with van der Waals surface area (Å²) in [7, 11) is 0. The molecule has 0 aliphatic heterocycles. The van der Waals surface area contributed by atoms with E-state index in [0.717, 1.165) is 13.8 Å². The predicted molar refractivity (Wildman–Crippen MR) is 21.4 cm³/mol. The van der Waals surface area contributed by atoms with Crippen LogP contribution in [0.1, 0.15) is 13.8 Å². The van der Waals surface area contributed by atoms with Gasteiger partial charge in [-0.25, -0.2) is 0 Å². The minimum absolute atomic E-state index is 0. The quantitative estimate of drug-likeness (QED) is 0.430. The molecular weight excluding hydrogens is 223 g/mol. The molecule has 0 N–H and O–H groups in total. The van der Waals surface area contributed by atoms with Crippen LogP contribution in [0.2, 0.25) is 0 Å². The molecule has 0 spiro atoms. The first-order valence-electron chi connectivity index (χ1n) is 1.82. The molecule has 0 aromatic carbocycles. The number of hydrogen-bond acceptors (Lipinski definition) is 4. The molecule has 1 radical (unpaired) electrons. The van der Waals surface area contributed by atoms with Crippen LogP contribution in [0.25, 0.3) is 0 Å². The third-order valence-corrected chi connectivity index (χ3v) is 0. The van der Waals surface area contributed by atoms with Gasteiger partial charge in [0.25, 0.3) is 0 Å². The van der Waals surface area contributed by atoms with Gasteiger partial charge in [0, 0.05) is 29.0 Å². The van der Waals surface area contributed by atoms with Crippen LogP contribution < -0.4 is 10.2 Å². The van der Waals surface area contributed by atoms with Crippen molar-refractivity contribution in [1.29, 1.82) is 0 Å². The van der Waals surface area contributed by atoms with Crippen molar-refractivity contribution < 1.29 is 53.9 Å². The summed E-state index contributed by atoms with van der Waals surface area (Å²) in [6.45, 7) is 1.94. The summed E-state index contributed by atoms with van der Waals surface area (Å²) in [5, 5.41) is 17.8. The van der Waals surface area contributed by atoms with Crippen molar-refractivity contribution in [1.82, 2.24) is 0 Å². The van der Waals surface area contributed by atoms with Crippen molar-refractivity contribution in [2.75, 3.05) is 0 Å². The number of aliphatic carboxylic acids is 2. The Morgan fingerprint density at radius 3 is 1.00 bits per heavy atom. The molecule has 0 unspecified atom stereocenters. The maximum atomic E-state index is 8.89. The smallest absolute Gasteiger partial charge is 0.550 e. The van der Waals surface area contributed by atoms with E-state index in [1.54, 1.807) is 0 Å². The average Bonchev–Trinajstić information content (AvgIpc) is 1.25. The Hall–Kier alpha value is -0.0210. The number of carboxylic acids is 2. The summed E-state index contributed by atoms with van der Waals surface area (Å²) < 4.78 is 0. The minimum Gasteiger partial charge on any atom is -0.550 e. The van der Waals surface area contributed by atoms with Crippen LogP contribution in [0.3, 0.4) is 0 Å². The second-order valence-electron chi connectivity index (χ2n) is 0.983. The fraction of sp³-hybridized carbons (Fsp3) is 0.500. The predicted octanol–water partition coefficient (Wildman–Crippen LogP) is -2.49. The second-order valence-corrected chi connectivity index (χ2v) is 0.983. The maximum Gasteiger partial charge on any atom is 2.00 e. The van der Waals surface area contributed by atoms with Crippen LogP contribution in [0.15, 0.2) is 0 Å². The standard InChI is InChI=1S/2C2H4O2.Fe.Mn/c2*1-2(3)4;;/h2*1H3,(H,3,4);;/q;;;+2/p-2. The van der Waals surface area contributed by atoms with Gasteiger partial charge in [0.15, 0.2) is 0 Å².